The van der Waals surface area contributed by atoms with Gasteiger partial charge in [-0.1, -0.05) is 140 Å². The number of rotatable bonds is 5. The fourth-order valence-corrected chi connectivity index (χ4v) is 11.4. The lowest BCUT2D eigenvalue weighted by atomic mass is 10.1. The Hall–Kier alpha value is -5.12. The van der Waals surface area contributed by atoms with Crippen molar-refractivity contribution in [3.05, 3.63) is 164 Å². The van der Waals surface area contributed by atoms with Crippen LogP contribution in [0, 0.1) is 0 Å². The van der Waals surface area contributed by atoms with Gasteiger partial charge in [-0.3, -0.25) is 4.57 Å². The predicted molar refractivity (Wildman–Crippen MR) is 174 cm³/mol. The van der Waals surface area contributed by atoms with Crippen LogP contribution in [-0.4, -0.2) is 12.6 Å². The van der Waals surface area contributed by atoms with Gasteiger partial charge in [0.25, 0.3) is 0 Å². The van der Waals surface area contributed by atoms with Crippen molar-refractivity contribution in [3.63, 3.8) is 0 Å². The maximum absolute atomic E-state index is 6.58. The van der Waals surface area contributed by atoms with E-state index in [-0.39, 0.29) is 0 Å². The molecule has 194 valence electrons. The van der Waals surface area contributed by atoms with Gasteiger partial charge in [0.05, 0.1) is 10.9 Å². The van der Waals surface area contributed by atoms with Crippen molar-refractivity contribution < 1.29 is 4.42 Å². The van der Waals surface area contributed by atoms with Gasteiger partial charge in [-0.15, -0.1) is 0 Å². The van der Waals surface area contributed by atoms with Gasteiger partial charge in [-0.05, 0) is 45.0 Å². The van der Waals surface area contributed by atoms with E-state index in [0.717, 1.165) is 27.9 Å². The highest BCUT2D eigenvalue weighted by molar-refractivity contribution is 7.19. The van der Waals surface area contributed by atoms with Crippen LogP contribution in [0.25, 0.3) is 38.7 Å². The van der Waals surface area contributed by atoms with E-state index in [9.17, 15) is 0 Å². The minimum atomic E-state index is -2.65. The Morgan fingerprint density at radius 1 is 0.439 bits per heavy atom. The molecule has 41 heavy (non-hydrogen) atoms. The average Bonchev–Trinajstić information content (AvgIpc) is 3.58. The summed E-state index contributed by atoms with van der Waals surface area (Å²) in [6.45, 7) is 0. The zero-order valence-electron chi connectivity index (χ0n) is 22.4. The second kappa shape index (κ2) is 9.51. The number of nitrogens with zero attached hydrogens (tertiary/aromatic N) is 1. The lowest BCUT2D eigenvalue weighted by molar-refractivity contribution is 0.645. The normalized spacial score (nSPS) is 11.9. The first kappa shape index (κ1) is 23.7. The summed E-state index contributed by atoms with van der Waals surface area (Å²) in [5.41, 5.74) is 4.05. The van der Waals surface area contributed by atoms with E-state index < -0.39 is 8.07 Å². The van der Waals surface area contributed by atoms with Crippen molar-refractivity contribution in [3.8, 4) is 5.69 Å². The van der Waals surface area contributed by atoms with Crippen molar-refractivity contribution in [2.45, 2.75) is 0 Å². The largest absolute Gasteiger partial charge is 0.439 e. The SMILES string of the molecule is c1ccc([Si](c2ccccc2)(c2ccccc2)c2cccc(-n3c4ccccc4c4c5ccccc5oc43)c2)cc1. The molecule has 2 nitrogen and oxygen atoms in total. The highest BCUT2D eigenvalue weighted by atomic mass is 28.3. The van der Waals surface area contributed by atoms with Gasteiger partial charge < -0.3 is 4.42 Å². The van der Waals surface area contributed by atoms with Crippen LogP contribution in [0.5, 0.6) is 0 Å². The summed E-state index contributed by atoms with van der Waals surface area (Å²) >= 11 is 0. The van der Waals surface area contributed by atoms with E-state index in [1.165, 1.54) is 31.5 Å². The minimum Gasteiger partial charge on any atom is -0.439 e. The summed E-state index contributed by atoms with van der Waals surface area (Å²) in [5, 5.41) is 8.94. The van der Waals surface area contributed by atoms with E-state index >= 15 is 0 Å². The van der Waals surface area contributed by atoms with E-state index in [1.54, 1.807) is 0 Å². The Morgan fingerprint density at radius 2 is 0.951 bits per heavy atom. The highest BCUT2D eigenvalue weighted by Gasteiger charge is 2.41. The lowest BCUT2D eigenvalue weighted by Crippen LogP contribution is -2.74. The van der Waals surface area contributed by atoms with Crippen molar-refractivity contribution in [2.75, 3.05) is 0 Å². The molecule has 0 saturated heterocycles. The summed E-state index contributed by atoms with van der Waals surface area (Å²) in [7, 11) is -2.65. The molecule has 2 aromatic heterocycles. The summed E-state index contributed by atoms with van der Waals surface area (Å²) < 4.78 is 8.88. The fourth-order valence-electron chi connectivity index (χ4n) is 6.64. The predicted octanol–water partition coefficient (Wildman–Crippen LogP) is 6.91. The molecule has 0 saturated carbocycles. The van der Waals surface area contributed by atoms with Gasteiger partial charge in [0.2, 0.25) is 5.71 Å². The van der Waals surface area contributed by atoms with Crippen LogP contribution >= 0.6 is 0 Å². The summed E-state index contributed by atoms with van der Waals surface area (Å²) in [6.07, 6.45) is 0. The molecular formula is C38H27NOSi. The quantitative estimate of drug-likeness (QED) is 0.171. The van der Waals surface area contributed by atoms with Gasteiger partial charge in [-0.2, -0.15) is 0 Å². The van der Waals surface area contributed by atoms with Crippen LogP contribution in [0.1, 0.15) is 0 Å². The molecule has 3 heteroatoms. The maximum atomic E-state index is 6.58. The Labute approximate surface area is 239 Å². The molecule has 0 amide bonds. The molecule has 0 spiro atoms. The third-order valence-electron chi connectivity index (χ3n) is 8.35. The molecule has 0 atom stereocenters. The third-order valence-corrected chi connectivity index (χ3v) is 13.1. The number of hydrogen-bond acceptors (Lipinski definition) is 1. The van der Waals surface area contributed by atoms with Gasteiger partial charge in [0.1, 0.15) is 5.58 Å². The third kappa shape index (κ3) is 3.56. The number of fused-ring (bicyclic) bond motifs is 5. The summed E-state index contributed by atoms with van der Waals surface area (Å²) in [4.78, 5) is 0. The fraction of sp³-hybridized carbons (Fsp3) is 0. The Kier molecular flexibility index (Phi) is 5.51. The standard InChI is InChI=1S/C38H27NOSi/c1-4-16-29(17-5-1)41(30-18-6-2-7-19-30,31-20-8-3-9-21-31)32-22-14-15-28(27-32)39-35-25-12-10-23-33(35)37-34-24-11-13-26-36(34)40-38(37)39/h1-27H. The van der Waals surface area contributed by atoms with E-state index in [2.05, 4.69) is 162 Å². The first-order chi connectivity index (χ1) is 20.4. The average molecular weight is 542 g/mol. The molecule has 0 unspecified atom stereocenters. The zero-order valence-corrected chi connectivity index (χ0v) is 23.4. The molecule has 6 aromatic carbocycles. The van der Waals surface area contributed by atoms with E-state index in [0.29, 0.717) is 0 Å². The Morgan fingerprint density at radius 3 is 1.59 bits per heavy atom. The van der Waals surface area contributed by atoms with Gasteiger partial charge in [0, 0.05) is 16.5 Å². The Bertz CT molecular complexity index is 2050. The summed E-state index contributed by atoms with van der Waals surface area (Å²) in [5.74, 6) is 0. The summed E-state index contributed by atoms with van der Waals surface area (Å²) in [6, 6.07) is 59.3. The molecular weight excluding hydrogens is 515 g/mol. The molecule has 2 heterocycles. The molecule has 0 N–H and O–H groups in total. The van der Waals surface area contributed by atoms with Crippen molar-refractivity contribution >= 4 is 61.8 Å². The highest BCUT2D eigenvalue weighted by Crippen LogP contribution is 2.38. The topological polar surface area (TPSA) is 18.1 Å². The monoisotopic (exact) mass is 541 g/mol. The van der Waals surface area contributed by atoms with Gasteiger partial charge in [-0.25, -0.2) is 0 Å². The molecule has 0 bridgehead atoms. The first-order valence-electron chi connectivity index (χ1n) is 14.0. The number of benzene rings is 6. The second-order valence-electron chi connectivity index (χ2n) is 10.5. The minimum absolute atomic E-state index is 0.885. The number of aromatic nitrogens is 1. The van der Waals surface area contributed by atoms with E-state index in [4.69, 9.17) is 4.42 Å². The molecule has 0 fully saturated rings. The Balaban J connectivity index is 1.47. The van der Waals surface area contributed by atoms with Crippen LogP contribution in [0.2, 0.25) is 0 Å². The van der Waals surface area contributed by atoms with Crippen LogP contribution in [0.15, 0.2) is 168 Å². The second-order valence-corrected chi connectivity index (χ2v) is 14.3. The molecule has 8 aromatic rings. The van der Waals surface area contributed by atoms with Crippen LogP contribution in [-0.2, 0) is 0 Å². The molecule has 0 aliphatic carbocycles. The molecule has 0 radical (unpaired) electrons. The van der Waals surface area contributed by atoms with Crippen molar-refractivity contribution in [2.24, 2.45) is 0 Å². The molecule has 0 aliphatic heterocycles. The zero-order chi connectivity index (χ0) is 27.2. The van der Waals surface area contributed by atoms with Crippen LogP contribution in [0.4, 0.5) is 0 Å². The van der Waals surface area contributed by atoms with E-state index in [1.807, 2.05) is 6.07 Å². The first-order valence-corrected chi connectivity index (χ1v) is 16.0. The van der Waals surface area contributed by atoms with Crippen molar-refractivity contribution in [1.29, 1.82) is 0 Å². The van der Waals surface area contributed by atoms with Gasteiger partial charge in [0.15, 0.2) is 8.07 Å². The number of para-hydroxylation sites is 2. The van der Waals surface area contributed by atoms with Gasteiger partial charge >= 0.3 is 0 Å². The smallest absolute Gasteiger partial charge is 0.213 e. The number of hydrogen-bond donors (Lipinski definition) is 0. The maximum Gasteiger partial charge on any atom is 0.213 e. The molecule has 0 aliphatic rings. The number of furan rings is 1. The lowest BCUT2D eigenvalue weighted by Gasteiger charge is -2.34. The van der Waals surface area contributed by atoms with Crippen molar-refractivity contribution in [1.82, 2.24) is 4.57 Å². The van der Waals surface area contributed by atoms with Crippen LogP contribution < -0.4 is 20.7 Å². The molecule has 8 rings (SSSR count). The van der Waals surface area contributed by atoms with Crippen LogP contribution in [0.3, 0.4) is 0 Å².